The lowest BCUT2D eigenvalue weighted by Crippen LogP contribution is -2.39. The van der Waals surface area contributed by atoms with Crippen LogP contribution in [0.2, 0.25) is 0 Å². The van der Waals surface area contributed by atoms with Crippen LogP contribution < -0.4 is 11.3 Å². The molecule has 15 heavy (non-hydrogen) atoms. The number of amides is 1. The number of rotatable bonds is 4. The minimum absolute atomic E-state index is 0.178. The van der Waals surface area contributed by atoms with Crippen molar-refractivity contribution in [2.75, 3.05) is 0 Å². The Balaban J connectivity index is 2.71. The average molecular weight is 246 g/mol. The zero-order chi connectivity index (χ0) is 11.4. The summed E-state index contributed by atoms with van der Waals surface area (Å²) in [6.45, 7) is 5.77. The summed E-state index contributed by atoms with van der Waals surface area (Å²) in [4.78, 5) is 15.7. The van der Waals surface area contributed by atoms with E-state index in [9.17, 15) is 4.79 Å². The number of aromatic nitrogens is 2. The van der Waals surface area contributed by atoms with E-state index in [1.165, 1.54) is 23.3 Å². The lowest BCUT2D eigenvalue weighted by atomic mass is 10.1. The number of aryl methyl sites for hydroxylation is 1. The number of nitrogens with one attached hydrogen (secondary N) is 1. The molecule has 0 aliphatic rings. The third-order valence-corrected chi connectivity index (χ3v) is 4.16. The average Bonchev–Trinajstić information content (AvgIpc) is 2.59. The van der Waals surface area contributed by atoms with Gasteiger partial charge in [0.1, 0.15) is 5.82 Å². The van der Waals surface area contributed by atoms with E-state index in [4.69, 9.17) is 5.84 Å². The second-order valence-corrected chi connectivity index (χ2v) is 5.54. The van der Waals surface area contributed by atoms with Gasteiger partial charge in [0.25, 0.3) is 0 Å². The minimum Gasteiger partial charge on any atom is -0.293 e. The van der Waals surface area contributed by atoms with Gasteiger partial charge in [-0.1, -0.05) is 25.6 Å². The molecule has 0 bridgehead atoms. The van der Waals surface area contributed by atoms with Crippen LogP contribution in [0.5, 0.6) is 0 Å². The SMILES string of the molecule is Cc1nsc(SC(C(=O)NN)C(C)C)n1. The predicted molar refractivity (Wildman–Crippen MR) is 61.5 cm³/mol. The maximum absolute atomic E-state index is 11.5. The van der Waals surface area contributed by atoms with Crippen LogP contribution >= 0.6 is 23.3 Å². The first-order chi connectivity index (χ1) is 7.04. The lowest BCUT2D eigenvalue weighted by molar-refractivity contribution is -0.121. The maximum Gasteiger partial charge on any atom is 0.247 e. The zero-order valence-electron chi connectivity index (χ0n) is 8.85. The fourth-order valence-corrected chi connectivity index (χ4v) is 2.88. The van der Waals surface area contributed by atoms with Crippen LogP contribution in [0.4, 0.5) is 0 Å². The van der Waals surface area contributed by atoms with Gasteiger partial charge in [-0.2, -0.15) is 4.37 Å². The molecule has 5 nitrogen and oxygen atoms in total. The van der Waals surface area contributed by atoms with Crippen molar-refractivity contribution >= 4 is 29.2 Å². The molecule has 1 heterocycles. The van der Waals surface area contributed by atoms with Crippen LogP contribution in [0.25, 0.3) is 0 Å². The first-order valence-corrected chi connectivity index (χ1v) is 6.17. The van der Waals surface area contributed by atoms with Gasteiger partial charge in [0.2, 0.25) is 5.91 Å². The molecule has 3 N–H and O–H groups in total. The molecule has 1 unspecified atom stereocenters. The number of hydrazine groups is 1. The number of hydrogen-bond donors (Lipinski definition) is 2. The Labute approximate surface area is 97.0 Å². The third-order valence-electron chi connectivity index (χ3n) is 1.74. The summed E-state index contributed by atoms with van der Waals surface area (Å²) in [6.07, 6.45) is 0. The maximum atomic E-state index is 11.5. The first-order valence-electron chi connectivity index (χ1n) is 4.52. The van der Waals surface area contributed by atoms with E-state index < -0.39 is 0 Å². The molecule has 0 aliphatic carbocycles. The molecule has 1 rings (SSSR count). The van der Waals surface area contributed by atoms with Crippen LogP contribution in [-0.2, 0) is 4.79 Å². The van der Waals surface area contributed by atoms with E-state index in [0.29, 0.717) is 0 Å². The topological polar surface area (TPSA) is 80.9 Å². The Kier molecular flexibility index (Phi) is 4.49. The van der Waals surface area contributed by atoms with Crippen LogP contribution in [0.15, 0.2) is 4.34 Å². The molecule has 0 fully saturated rings. The van der Waals surface area contributed by atoms with E-state index in [0.717, 1.165) is 10.2 Å². The highest BCUT2D eigenvalue weighted by molar-refractivity contribution is 8.02. The monoisotopic (exact) mass is 246 g/mol. The molecule has 7 heteroatoms. The summed E-state index contributed by atoms with van der Waals surface area (Å²) in [6, 6.07) is 0. The van der Waals surface area contributed by atoms with Crippen molar-refractivity contribution in [3.8, 4) is 0 Å². The Bertz CT molecular complexity index is 339. The van der Waals surface area contributed by atoms with Crippen molar-refractivity contribution in [1.29, 1.82) is 0 Å². The van der Waals surface area contributed by atoms with Gasteiger partial charge in [-0.15, -0.1) is 0 Å². The first kappa shape index (κ1) is 12.4. The number of hydrogen-bond acceptors (Lipinski definition) is 6. The Morgan fingerprint density at radius 2 is 2.27 bits per heavy atom. The fourth-order valence-electron chi connectivity index (χ4n) is 1.01. The number of carbonyl (C=O) groups excluding carboxylic acids is 1. The summed E-state index contributed by atoms with van der Waals surface area (Å²) in [5.41, 5.74) is 2.17. The molecule has 1 aromatic heterocycles. The highest BCUT2D eigenvalue weighted by Crippen LogP contribution is 2.29. The van der Waals surface area contributed by atoms with Gasteiger partial charge in [-0.25, -0.2) is 10.8 Å². The van der Waals surface area contributed by atoms with Crippen molar-refractivity contribution in [2.24, 2.45) is 11.8 Å². The number of nitrogens with two attached hydrogens (primary N) is 1. The highest BCUT2D eigenvalue weighted by Gasteiger charge is 2.24. The largest absolute Gasteiger partial charge is 0.293 e. The zero-order valence-corrected chi connectivity index (χ0v) is 10.5. The van der Waals surface area contributed by atoms with Gasteiger partial charge >= 0.3 is 0 Å². The van der Waals surface area contributed by atoms with Gasteiger partial charge in [0.15, 0.2) is 4.34 Å². The fraction of sp³-hybridized carbons (Fsp3) is 0.625. The highest BCUT2D eigenvalue weighted by atomic mass is 32.2. The van der Waals surface area contributed by atoms with Crippen LogP contribution in [0, 0.1) is 12.8 Å². The predicted octanol–water partition coefficient (Wildman–Crippen LogP) is 0.953. The second-order valence-electron chi connectivity index (χ2n) is 3.40. The van der Waals surface area contributed by atoms with E-state index in [2.05, 4.69) is 14.8 Å². The van der Waals surface area contributed by atoms with Crippen molar-refractivity contribution < 1.29 is 4.79 Å². The van der Waals surface area contributed by atoms with Crippen LogP contribution in [-0.4, -0.2) is 20.5 Å². The molecule has 1 aromatic rings. The van der Waals surface area contributed by atoms with Crippen molar-refractivity contribution in [2.45, 2.75) is 30.4 Å². The van der Waals surface area contributed by atoms with Gasteiger partial charge in [-0.05, 0) is 24.4 Å². The molecule has 84 valence electrons. The normalized spacial score (nSPS) is 12.9. The molecule has 1 atom stereocenters. The summed E-state index contributed by atoms with van der Waals surface area (Å²) in [5.74, 6) is 5.88. The summed E-state index contributed by atoms with van der Waals surface area (Å²) in [7, 11) is 0. The number of carbonyl (C=O) groups is 1. The smallest absolute Gasteiger partial charge is 0.247 e. The third kappa shape index (κ3) is 3.44. The number of nitrogens with zero attached hydrogens (tertiary/aromatic N) is 2. The molecule has 0 radical (unpaired) electrons. The Hall–Kier alpha value is -0.660. The quantitative estimate of drug-likeness (QED) is 0.358. The van der Waals surface area contributed by atoms with Crippen LogP contribution in [0.1, 0.15) is 19.7 Å². The van der Waals surface area contributed by atoms with Gasteiger partial charge in [0.05, 0.1) is 5.25 Å². The summed E-state index contributed by atoms with van der Waals surface area (Å²) >= 11 is 2.71. The summed E-state index contributed by atoms with van der Waals surface area (Å²) in [5, 5.41) is -0.220. The number of thioether (sulfide) groups is 1. The van der Waals surface area contributed by atoms with E-state index in [1.54, 1.807) is 0 Å². The molecule has 1 amide bonds. The molecule has 0 aliphatic heterocycles. The van der Waals surface area contributed by atoms with E-state index in [1.807, 2.05) is 20.8 Å². The molecule has 0 saturated carbocycles. The Morgan fingerprint density at radius 1 is 1.60 bits per heavy atom. The molecule has 0 spiro atoms. The standard InChI is InChI=1S/C8H14N4OS2/c1-4(2)6(7(13)11-9)14-8-10-5(3)12-15-8/h4,6H,9H2,1-3H3,(H,11,13). The van der Waals surface area contributed by atoms with Gasteiger partial charge < -0.3 is 0 Å². The van der Waals surface area contributed by atoms with Crippen LogP contribution in [0.3, 0.4) is 0 Å². The van der Waals surface area contributed by atoms with E-state index in [-0.39, 0.29) is 17.1 Å². The minimum atomic E-state index is -0.220. The van der Waals surface area contributed by atoms with E-state index >= 15 is 0 Å². The second kappa shape index (κ2) is 5.43. The van der Waals surface area contributed by atoms with Crippen molar-refractivity contribution in [1.82, 2.24) is 14.8 Å². The summed E-state index contributed by atoms with van der Waals surface area (Å²) < 4.78 is 4.86. The molecular formula is C8H14N4OS2. The van der Waals surface area contributed by atoms with Gasteiger partial charge in [0, 0.05) is 0 Å². The lowest BCUT2D eigenvalue weighted by Gasteiger charge is -2.16. The Morgan fingerprint density at radius 3 is 2.67 bits per heavy atom. The molecule has 0 aromatic carbocycles. The molecule has 0 saturated heterocycles. The van der Waals surface area contributed by atoms with Crippen molar-refractivity contribution in [3.63, 3.8) is 0 Å². The van der Waals surface area contributed by atoms with Gasteiger partial charge in [-0.3, -0.25) is 10.2 Å². The molecular weight excluding hydrogens is 232 g/mol. The van der Waals surface area contributed by atoms with Crippen molar-refractivity contribution in [3.05, 3.63) is 5.82 Å².